The van der Waals surface area contributed by atoms with Crippen molar-refractivity contribution in [3.8, 4) is 0 Å². The van der Waals surface area contributed by atoms with Gasteiger partial charge in [-0.1, -0.05) is 11.6 Å². The van der Waals surface area contributed by atoms with Crippen LogP contribution in [-0.2, 0) is 4.74 Å². The van der Waals surface area contributed by atoms with Gasteiger partial charge in [0.1, 0.15) is 5.60 Å². The molecule has 4 nitrogen and oxygen atoms in total. The fourth-order valence-electron chi connectivity index (χ4n) is 1.66. The molecular formula is C13H14Cl2N2O2. The highest BCUT2D eigenvalue weighted by atomic mass is 35.5. The highest BCUT2D eigenvalue weighted by molar-refractivity contribution is 6.31. The average Bonchev–Trinajstić information content (AvgIpc) is 2.71. The van der Waals surface area contributed by atoms with Crippen LogP contribution in [0.3, 0.4) is 0 Å². The van der Waals surface area contributed by atoms with Gasteiger partial charge in [-0.15, -0.1) is 11.6 Å². The molecule has 0 saturated carbocycles. The van der Waals surface area contributed by atoms with Gasteiger partial charge < -0.3 is 9.72 Å². The smallest absolute Gasteiger partial charge is 0.374 e. The summed E-state index contributed by atoms with van der Waals surface area (Å²) < 4.78 is 5.37. The normalized spacial score (nSPS) is 11.8. The Bertz CT molecular complexity index is 608. The lowest BCUT2D eigenvalue weighted by Gasteiger charge is -2.23. The summed E-state index contributed by atoms with van der Waals surface area (Å²) in [6.45, 7) is 3.62. The molecule has 0 bridgehead atoms. The molecule has 1 aromatic carbocycles. The first-order valence-corrected chi connectivity index (χ1v) is 6.77. The highest BCUT2D eigenvalue weighted by Crippen LogP contribution is 2.20. The number of alkyl halides is 1. The third kappa shape index (κ3) is 3.39. The van der Waals surface area contributed by atoms with Crippen molar-refractivity contribution in [1.82, 2.24) is 9.97 Å². The molecule has 1 aromatic heterocycles. The third-order valence-electron chi connectivity index (χ3n) is 2.70. The minimum atomic E-state index is -0.616. The number of fused-ring (bicyclic) bond motifs is 1. The van der Waals surface area contributed by atoms with E-state index in [1.54, 1.807) is 18.2 Å². The Labute approximate surface area is 121 Å². The van der Waals surface area contributed by atoms with E-state index in [4.69, 9.17) is 27.9 Å². The molecule has 2 rings (SSSR count). The molecule has 0 aliphatic rings. The zero-order chi connectivity index (χ0) is 14.0. The van der Waals surface area contributed by atoms with Gasteiger partial charge in [-0.2, -0.15) is 0 Å². The van der Waals surface area contributed by atoms with Crippen molar-refractivity contribution in [2.24, 2.45) is 0 Å². The molecule has 0 fully saturated rings. The lowest BCUT2D eigenvalue weighted by atomic mass is 10.1. The highest BCUT2D eigenvalue weighted by Gasteiger charge is 2.24. The lowest BCUT2D eigenvalue weighted by Crippen LogP contribution is -2.29. The largest absolute Gasteiger partial charge is 0.454 e. The molecule has 6 heteroatoms. The van der Waals surface area contributed by atoms with Crippen LogP contribution in [0.4, 0.5) is 0 Å². The topological polar surface area (TPSA) is 55.0 Å². The second-order valence-electron chi connectivity index (χ2n) is 4.84. The Morgan fingerprint density at radius 1 is 1.47 bits per heavy atom. The average molecular weight is 301 g/mol. The van der Waals surface area contributed by atoms with Gasteiger partial charge in [0, 0.05) is 17.3 Å². The van der Waals surface area contributed by atoms with Crippen LogP contribution in [0.15, 0.2) is 18.2 Å². The molecule has 19 heavy (non-hydrogen) atoms. The van der Waals surface area contributed by atoms with Crippen LogP contribution < -0.4 is 0 Å². The number of imidazole rings is 1. The zero-order valence-corrected chi connectivity index (χ0v) is 12.2. The first-order valence-electron chi connectivity index (χ1n) is 5.86. The number of esters is 1. The lowest BCUT2D eigenvalue weighted by molar-refractivity contribution is -0.00322. The number of carbonyl (C=O) groups is 1. The van der Waals surface area contributed by atoms with Crippen molar-refractivity contribution in [2.75, 3.05) is 5.88 Å². The van der Waals surface area contributed by atoms with Crippen LogP contribution in [0.5, 0.6) is 0 Å². The van der Waals surface area contributed by atoms with E-state index in [-0.39, 0.29) is 5.82 Å². The maximum Gasteiger partial charge on any atom is 0.374 e. The van der Waals surface area contributed by atoms with E-state index < -0.39 is 11.6 Å². The fraction of sp³-hybridized carbons (Fsp3) is 0.385. The number of halogens is 2. The van der Waals surface area contributed by atoms with Crippen LogP contribution in [0.1, 0.15) is 30.9 Å². The Morgan fingerprint density at radius 3 is 2.89 bits per heavy atom. The summed E-state index contributed by atoms with van der Waals surface area (Å²) in [7, 11) is 0. The summed E-state index contributed by atoms with van der Waals surface area (Å²) in [6.07, 6.45) is 0.576. The maximum absolute atomic E-state index is 12.0. The number of hydrogen-bond donors (Lipinski definition) is 1. The molecule has 0 unspecified atom stereocenters. The number of ether oxygens (including phenoxy) is 1. The number of H-pyrrole nitrogens is 1. The number of aromatic amines is 1. The van der Waals surface area contributed by atoms with Crippen molar-refractivity contribution in [3.05, 3.63) is 29.0 Å². The zero-order valence-electron chi connectivity index (χ0n) is 10.7. The minimum Gasteiger partial charge on any atom is -0.454 e. The summed E-state index contributed by atoms with van der Waals surface area (Å²) in [5, 5.41) is 0.582. The fourth-order valence-corrected chi connectivity index (χ4v) is 2.28. The number of nitrogens with zero attached hydrogens (tertiary/aromatic N) is 1. The Hall–Kier alpha value is -1.26. The Morgan fingerprint density at radius 2 is 2.21 bits per heavy atom. The van der Waals surface area contributed by atoms with E-state index in [0.717, 1.165) is 0 Å². The van der Waals surface area contributed by atoms with Gasteiger partial charge in [-0.3, -0.25) is 0 Å². The van der Waals surface area contributed by atoms with Gasteiger partial charge in [0.25, 0.3) is 0 Å². The van der Waals surface area contributed by atoms with E-state index in [2.05, 4.69) is 9.97 Å². The summed E-state index contributed by atoms with van der Waals surface area (Å²) in [4.78, 5) is 19.1. The predicted octanol–water partition coefficient (Wildman–Crippen LogP) is 3.78. The second-order valence-corrected chi connectivity index (χ2v) is 5.65. The van der Waals surface area contributed by atoms with Crippen LogP contribution in [-0.4, -0.2) is 27.4 Å². The molecular weight excluding hydrogens is 287 g/mol. The van der Waals surface area contributed by atoms with Crippen LogP contribution in [0.2, 0.25) is 5.02 Å². The summed E-state index contributed by atoms with van der Waals surface area (Å²) in [5.41, 5.74) is 0.760. The van der Waals surface area contributed by atoms with E-state index in [0.29, 0.717) is 28.4 Å². The number of rotatable bonds is 4. The maximum atomic E-state index is 12.0. The molecule has 0 atom stereocenters. The van der Waals surface area contributed by atoms with Gasteiger partial charge >= 0.3 is 5.97 Å². The Kier molecular flexibility index (Phi) is 4.02. The predicted molar refractivity (Wildman–Crippen MR) is 75.9 cm³/mol. The molecule has 1 heterocycles. The molecule has 0 spiro atoms. The van der Waals surface area contributed by atoms with E-state index in [1.165, 1.54) is 0 Å². The summed E-state index contributed by atoms with van der Waals surface area (Å²) in [6, 6.07) is 5.18. The molecule has 0 radical (unpaired) electrons. The number of carbonyl (C=O) groups excluding carboxylic acids is 1. The van der Waals surface area contributed by atoms with Crippen LogP contribution in [0.25, 0.3) is 11.0 Å². The van der Waals surface area contributed by atoms with Crippen LogP contribution >= 0.6 is 23.2 Å². The monoisotopic (exact) mass is 300 g/mol. The Balaban J connectivity index is 2.22. The molecule has 0 aliphatic carbocycles. The van der Waals surface area contributed by atoms with Gasteiger partial charge in [0.15, 0.2) is 0 Å². The number of aromatic nitrogens is 2. The molecule has 2 aromatic rings. The van der Waals surface area contributed by atoms with Gasteiger partial charge in [0.05, 0.1) is 11.0 Å². The standard InChI is InChI=1S/C13H14Cl2N2O2/c1-13(2,5-6-14)19-12(18)11-16-9-4-3-8(15)7-10(9)17-11/h3-4,7H,5-6H2,1-2H3,(H,16,17). The van der Waals surface area contributed by atoms with Gasteiger partial charge in [-0.05, 0) is 32.0 Å². The van der Waals surface area contributed by atoms with E-state index >= 15 is 0 Å². The van der Waals surface area contributed by atoms with Crippen molar-refractivity contribution in [1.29, 1.82) is 0 Å². The molecule has 1 N–H and O–H groups in total. The van der Waals surface area contributed by atoms with Gasteiger partial charge in [-0.25, -0.2) is 9.78 Å². The second kappa shape index (κ2) is 5.39. The first-order chi connectivity index (χ1) is 8.91. The first kappa shape index (κ1) is 14.2. The minimum absolute atomic E-state index is 0.167. The number of hydrogen-bond acceptors (Lipinski definition) is 3. The van der Waals surface area contributed by atoms with Crippen molar-refractivity contribution in [3.63, 3.8) is 0 Å². The number of benzene rings is 1. The van der Waals surface area contributed by atoms with Gasteiger partial charge in [0.2, 0.25) is 5.82 Å². The molecule has 0 amide bonds. The van der Waals surface area contributed by atoms with Crippen molar-refractivity contribution >= 4 is 40.2 Å². The van der Waals surface area contributed by atoms with E-state index in [1.807, 2.05) is 13.8 Å². The molecule has 102 valence electrons. The SMILES string of the molecule is CC(C)(CCCl)OC(=O)c1nc2ccc(Cl)cc2[nH]1. The third-order valence-corrected chi connectivity index (χ3v) is 3.13. The van der Waals surface area contributed by atoms with E-state index in [9.17, 15) is 4.79 Å². The number of nitrogens with one attached hydrogen (secondary N) is 1. The van der Waals surface area contributed by atoms with Crippen molar-refractivity contribution < 1.29 is 9.53 Å². The summed E-state index contributed by atoms with van der Waals surface area (Å²) >= 11 is 11.5. The molecule has 0 aliphatic heterocycles. The summed E-state index contributed by atoms with van der Waals surface area (Å²) in [5.74, 6) is 0.0955. The van der Waals surface area contributed by atoms with Crippen LogP contribution in [0, 0.1) is 0 Å². The molecule has 0 saturated heterocycles. The quantitative estimate of drug-likeness (QED) is 0.690. The van der Waals surface area contributed by atoms with Crippen molar-refractivity contribution in [2.45, 2.75) is 25.9 Å².